The summed E-state index contributed by atoms with van der Waals surface area (Å²) >= 11 is 0. The number of hydrogen-bond acceptors (Lipinski definition) is 5. The topological polar surface area (TPSA) is 77.1 Å². The van der Waals surface area contributed by atoms with Crippen LogP contribution in [-0.4, -0.2) is 31.6 Å². The standard InChI is InChI=1S/C10H14N2O3/c1-14-10-5-8(4-9(11)6-10)7-12-15-3-2-13/h4-7,13H,2-3,11H2,1H3/b12-7+. The molecule has 0 aliphatic carbocycles. The number of anilines is 1. The number of hydrogen-bond donors (Lipinski definition) is 2. The summed E-state index contributed by atoms with van der Waals surface area (Å²) in [4.78, 5) is 4.74. The molecule has 0 atom stereocenters. The van der Waals surface area contributed by atoms with Gasteiger partial charge in [-0.2, -0.15) is 0 Å². The Bertz CT molecular complexity index is 339. The van der Waals surface area contributed by atoms with Crippen LogP contribution in [0.25, 0.3) is 0 Å². The Balaban J connectivity index is 2.67. The maximum Gasteiger partial charge on any atom is 0.140 e. The van der Waals surface area contributed by atoms with E-state index in [9.17, 15) is 0 Å². The third kappa shape index (κ3) is 3.86. The smallest absolute Gasteiger partial charge is 0.140 e. The van der Waals surface area contributed by atoms with E-state index in [1.807, 2.05) is 0 Å². The van der Waals surface area contributed by atoms with Crippen LogP contribution in [0.1, 0.15) is 5.56 Å². The molecule has 15 heavy (non-hydrogen) atoms. The second kappa shape index (κ2) is 5.87. The van der Waals surface area contributed by atoms with E-state index in [-0.39, 0.29) is 13.2 Å². The molecule has 5 nitrogen and oxygen atoms in total. The van der Waals surface area contributed by atoms with Crippen molar-refractivity contribution in [1.29, 1.82) is 0 Å². The SMILES string of the molecule is COc1cc(N)cc(/C=N/OCCO)c1. The molecule has 0 fully saturated rings. The Morgan fingerprint density at radius 1 is 1.47 bits per heavy atom. The van der Waals surface area contributed by atoms with Gasteiger partial charge in [0.15, 0.2) is 0 Å². The fraction of sp³-hybridized carbons (Fsp3) is 0.300. The summed E-state index contributed by atoms with van der Waals surface area (Å²) in [5.74, 6) is 0.665. The molecule has 5 heteroatoms. The van der Waals surface area contributed by atoms with Gasteiger partial charge in [-0.25, -0.2) is 0 Å². The first-order valence-electron chi connectivity index (χ1n) is 4.47. The number of nitrogens with two attached hydrogens (primary N) is 1. The Kier molecular flexibility index (Phi) is 4.43. The van der Waals surface area contributed by atoms with E-state index >= 15 is 0 Å². The van der Waals surface area contributed by atoms with E-state index in [1.54, 1.807) is 25.3 Å². The zero-order valence-corrected chi connectivity index (χ0v) is 8.51. The molecule has 0 heterocycles. The van der Waals surface area contributed by atoms with Gasteiger partial charge in [-0.15, -0.1) is 0 Å². The van der Waals surface area contributed by atoms with Crippen molar-refractivity contribution in [2.24, 2.45) is 5.16 Å². The van der Waals surface area contributed by atoms with Gasteiger partial charge < -0.3 is 20.4 Å². The lowest BCUT2D eigenvalue weighted by molar-refractivity contribution is 0.0997. The molecule has 82 valence electrons. The van der Waals surface area contributed by atoms with Crippen LogP contribution in [-0.2, 0) is 4.84 Å². The van der Waals surface area contributed by atoms with Gasteiger partial charge in [-0.3, -0.25) is 0 Å². The molecular weight excluding hydrogens is 196 g/mol. The molecule has 1 aromatic rings. The number of benzene rings is 1. The summed E-state index contributed by atoms with van der Waals surface area (Å²) in [6.45, 7) is 0.119. The second-order valence-electron chi connectivity index (χ2n) is 2.83. The van der Waals surface area contributed by atoms with Crippen molar-refractivity contribution in [3.05, 3.63) is 23.8 Å². The number of oxime groups is 1. The largest absolute Gasteiger partial charge is 0.497 e. The molecule has 0 aliphatic heterocycles. The molecule has 0 aliphatic rings. The molecule has 1 aromatic carbocycles. The third-order valence-electron chi connectivity index (χ3n) is 1.65. The first kappa shape index (κ1) is 11.3. The highest BCUT2D eigenvalue weighted by Crippen LogP contribution is 2.17. The maximum atomic E-state index is 8.45. The first-order valence-corrected chi connectivity index (χ1v) is 4.47. The summed E-state index contributed by atoms with van der Waals surface area (Å²) in [5.41, 5.74) is 7.02. The summed E-state index contributed by atoms with van der Waals surface area (Å²) in [5, 5.41) is 12.1. The number of methoxy groups -OCH3 is 1. The van der Waals surface area contributed by atoms with Crippen LogP contribution in [0.2, 0.25) is 0 Å². The van der Waals surface area contributed by atoms with Gasteiger partial charge in [0, 0.05) is 17.3 Å². The molecule has 0 saturated heterocycles. The van der Waals surface area contributed by atoms with Crippen molar-refractivity contribution < 1.29 is 14.7 Å². The predicted octanol–water partition coefficient (Wildman–Crippen LogP) is 0.620. The van der Waals surface area contributed by atoms with E-state index in [0.29, 0.717) is 11.4 Å². The zero-order chi connectivity index (χ0) is 11.1. The first-order chi connectivity index (χ1) is 7.26. The van der Waals surface area contributed by atoms with E-state index in [2.05, 4.69) is 5.16 Å². The van der Waals surface area contributed by atoms with Crippen LogP contribution in [0, 0.1) is 0 Å². The normalized spacial score (nSPS) is 10.5. The lowest BCUT2D eigenvalue weighted by Gasteiger charge is -2.02. The van der Waals surface area contributed by atoms with E-state index in [0.717, 1.165) is 5.56 Å². The molecule has 0 spiro atoms. The van der Waals surface area contributed by atoms with Gasteiger partial charge in [-0.05, 0) is 12.1 Å². The molecule has 0 unspecified atom stereocenters. The number of nitrogen functional groups attached to an aromatic ring is 1. The molecule has 0 bridgehead atoms. The molecule has 1 rings (SSSR count). The van der Waals surface area contributed by atoms with E-state index in [1.165, 1.54) is 6.21 Å². The summed E-state index contributed by atoms with van der Waals surface area (Å²) in [7, 11) is 1.57. The van der Waals surface area contributed by atoms with Gasteiger partial charge in [0.25, 0.3) is 0 Å². The van der Waals surface area contributed by atoms with Crippen LogP contribution in [0.15, 0.2) is 23.4 Å². The fourth-order valence-electron chi connectivity index (χ4n) is 1.03. The van der Waals surface area contributed by atoms with Crippen LogP contribution in [0.4, 0.5) is 5.69 Å². The van der Waals surface area contributed by atoms with E-state index in [4.69, 9.17) is 20.4 Å². The van der Waals surface area contributed by atoms with Crippen molar-refractivity contribution in [1.82, 2.24) is 0 Å². The van der Waals surface area contributed by atoms with Gasteiger partial charge in [0.05, 0.1) is 19.9 Å². The molecule has 0 radical (unpaired) electrons. The van der Waals surface area contributed by atoms with Crippen LogP contribution in [0.5, 0.6) is 5.75 Å². The third-order valence-corrected chi connectivity index (χ3v) is 1.65. The van der Waals surface area contributed by atoms with Gasteiger partial charge in [0.1, 0.15) is 12.4 Å². The quantitative estimate of drug-likeness (QED) is 0.323. The van der Waals surface area contributed by atoms with E-state index < -0.39 is 0 Å². The highest BCUT2D eigenvalue weighted by atomic mass is 16.6. The second-order valence-corrected chi connectivity index (χ2v) is 2.83. The molecule has 0 saturated carbocycles. The zero-order valence-electron chi connectivity index (χ0n) is 8.51. The summed E-state index contributed by atoms with van der Waals surface area (Å²) in [6, 6.07) is 5.24. The van der Waals surface area contributed by atoms with Crippen molar-refractivity contribution >= 4 is 11.9 Å². The van der Waals surface area contributed by atoms with Crippen molar-refractivity contribution in [2.75, 3.05) is 26.1 Å². The Morgan fingerprint density at radius 2 is 2.27 bits per heavy atom. The monoisotopic (exact) mass is 210 g/mol. The number of aliphatic hydroxyl groups excluding tert-OH is 1. The fourth-order valence-corrected chi connectivity index (χ4v) is 1.03. The van der Waals surface area contributed by atoms with Gasteiger partial charge >= 0.3 is 0 Å². The van der Waals surface area contributed by atoms with Gasteiger partial charge in [0.2, 0.25) is 0 Å². The maximum absolute atomic E-state index is 8.45. The Hall–Kier alpha value is -1.75. The van der Waals surface area contributed by atoms with Crippen LogP contribution >= 0.6 is 0 Å². The van der Waals surface area contributed by atoms with Crippen LogP contribution in [0.3, 0.4) is 0 Å². The molecule has 0 amide bonds. The number of ether oxygens (including phenoxy) is 1. The molecule has 3 N–H and O–H groups in total. The number of nitrogens with zero attached hydrogens (tertiary/aromatic N) is 1. The average Bonchev–Trinajstić information content (AvgIpc) is 2.23. The average molecular weight is 210 g/mol. The summed E-state index contributed by atoms with van der Waals surface area (Å²) < 4.78 is 5.04. The van der Waals surface area contributed by atoms with Crippen molar-refractivity contribution in [3.63, 3.8) is 0 Å². The minimum absolute atomic E-state index is 0.0579. The molecule has 0 aromatic heterocycles. The molecular formula is C10H14N2O3. The number of rotatable bonds is 5. The predicted molar refractivity (Wildman–Crippen MR) is 58.0 cm³/mol. The van der Waals surface area contributed by atoms with Gasteiger partial charge in [-0.1, -0.05) is 5.16 Å². The summed E-state index contributed by atoms with van der Waals surface area (Å²) in [6.07, 6.45) is 1.51. The minimum atomic E-state index is -0.0579. The number of aliphatic hydroxyl groups is 1. The lowest BCUT2D eigenvalue weighted by Crippen LogP contribution is -1.95. The highest BCUT2D eigenvalue weighted by Gasteiger charge is 1.96. The Labute approximate surface area is 88.1 Å². The van der Waals surface area contributed by atoms with Crippen molar-refractivity contribution in [2.45, 2.75) is 0 Å². The van der Waals surface area contributed by atoms with Crippen molar-refractivity contribution in [3.8, 4) is 5.75 Å². The Morgan fingerprint density at radius 3 is 2.93 bits per heavy atom. The lowest BCUT2D eigenvalue weighted by atomic mass is 10.2. The highest BCUT2D eigenvalue weighted by molar-refractivity contribution is 5.81. The minimum Gasteiger partial charge on any atom is -0.497 e. The van der Waals surface area contributed by atoms with Crippen LogP contribution < -0.4 is 10.5 Å².